The Labute approximate surface area is 228 Å². The molecule has 0 aliphatic carbocycles. The van der Waals surface area contributed by atoms with Crippen LogP contribution in [0.15, 0.2) is 64.3 Å². The molecule has 6 N–H and O–H groups in total. The molecule has 204 valence electrons. The van der Waals surface area contributed by atoms with Crippen molar-refractivity contribution in [2.45, 2.75) is 23.3 Å². The lowest BCUT2D eigenvalue weighted by molar-refractivity contribution is -0.664. The van der Waals surface area contributed by atoms with Gasteiger partial charge in [-0.15, -0.1) is 11.8 Å². The molecule has 0 spiro atoms. The highest BCUT2D eigenvalue weighted by Crippen LogP contribution is 2.46. The predicted molar refractivity (Wildman–Crippen MR) is 135 cm³/mol. The van der Waals surface area contributed by atoms with Crippen molar-refractivity contribution in [2.75, 3.05) is 12.8 Å². The van der Waals surface area contributed by atoms with E-state index < -0.39 is 40.5 Å². The van der Waals surface area contributed by atoms with Gasteiger partial charge in [0.25, 0.3) is 5.91 Å². The van der Waals surface area contributed by atoms with Crippen LogP contribution in [0.5, 0.6) is 0 Å². The topological polar surface area (TPSA) is 200 Å². The number of allylic oxidation sites excluding steroid dienone is 1. The van der Waals surface area contributed by atoms with Crippen molar-refractivity contribution in [1.29, 1.82) is 0 Å². The Bertz CT molecular complexity index is 1490. The van der Waals surface area contributed by atoms with E-state index in [0.29, 0.717) is 23.0 Å². The van der Waals surface area contributed by atoms with Crippen molar-refractivity contribution in [3.8, 4) is 0 Å². The summed E-state index contributed by atoms with van der Waals surface area (Å²) in [5, 5.41) is 22.1. The first-order chi connectivity index (χ1) is 18.7. The van der Waals surface area contributed by atoms with Crippen molar-refractivity contribution >= 4 is 58.9 Å². The first-order valence-corrected chi connectivity index (χ1v) is 12.9. The van der Waals surface area contributed by atoms with E-state index in [4.69, 9.17) is 11.5 Å². The summed E-state index contributed by atoms with van der Waals surface area (Å²) >= 11 is 2.26. The van der Waals surface area contributed by atoms with Crippen molar-refractivity contribution in [3.63, 3.8) is 0 Å². The number of nitrogens with two attached hydrogens (primary N) is 2. The van der Waals surface area contributed by atoms with Crippen LogP contribution in [0.3, 0.4) is 0 Å². The van der Waals surface area contributed by atoms with Gasteiger partial charge >= 0.3 is 17.5 Å². The van der Waals surface area contributed by atoms with Crippen LogP contribution in [0.4, 0.5) is 10.2 Å². The van der Waals surface area contributed by atoms with Gasteiger partial charge in [-0.1, -0.05) is 15.7 Å². The zero-order chi connectivity index (χ0) is 27.8. The van der Waals surface area contributed by atoms with Crippen LogP contribution in [-0.4, -0.2) is 67.2 Å². The summed E-state index contributed by atoms with van der Waals surface area (Å²) in [4.78, 5) is 45.6. The van der Waals surface area contributed by atoms with E-state index in [-0.39, 0.29) is 11.3 Å². The molecule has 5 rings (SSSR count). The molecule has 5 heterocycles. The van der Waals surface area contributed by atoms with Gasteiger partial charge in [0.15, 0.2) is 0 Å². The molecule has 15 nitrogen and oxygen atoms in total. The van der Waals surface area contributed by atoms with Crippen molar-refractivity contribution in [3.05, 3.63) is 59.2 Å². The number of fused-ring (bicyclic) bond motifs is 2. The van der Waals surface area contributed by atoms with E-state index in [0.717, 1.165) is 35.7 Å². The number of amides is 2. The number of anilines is 1. The predicted octanol–water partition coefficient (Wildman–Crippen LogP) is -2.35. The van der Waals surface area contributed by atoms with Gasteiger partial charge in [-0.2, -0.15) is 9.22 Å². The lowest BCUT2D eigenvalue weighted by atomic mass is 10.0. The van der Waals surface area contributed by atoms with Gasteiger partial charge in [-0.3, -0.25) is 19.5 Å². The fourth-order valence-electron chi connectivity index (χ4n) is 4.24. The van der Waals surface area contributed by atoms with E-state index in [1.807, 2.05) is 4.57 Å². The lowest BCUT2D eigenvalue weighted by Gasteiger charge is -2.53. The first kappa shape index (κ1) is 26.3. The van der Waals surface area contributed by atoms with E-state index in [1.54, 1.807) is 52.4 Å². The van der Waals surface area contributed by atoms with Crippen LogP contribution in [0, 0.1) is 0 Å². The van der Waals surface area contributed by atoms with E-state index in [9.17, 15) is 23.9 Å². The smallest absolute Gasteiger partial charge is 0.313 e. The molecule has 1 fully saturated rings. The number of oxime groups is 1. The third-order valence-corrected chi connectivity index (χ3v) is 8.05. The number of aliphatic carboxylic acids is 1. The van der Waals surface area contributed by atoms with Gasteiger partial charge in [-0.25, -0.2) is 4.57 Å². The van der Waals surface area contributed by atoms with Crippen LogP contribution in [-0.2, 0) is 25.8 Å². The highest BCUT2D eigenvalue weighted by molar-refractivity contribution is 8.02. The second kappa shape index (κ2) is 10.5. The number of hydrazine groups is 1. The number of hydrogen-bond acceptors (Lipinski definition) is 13. The van der Waals surface area contributed by atoms with Crippen LogP contribution in [0.2, 0.25) is 0 Å². The van der Waals surface area contributed by atoms with Crippen LogP contribution in [0.25, 0.3) is 5.65 Å². The lowest BCUT2D eigenvalue weighted by Crippen LogP contribution is -2.72. The van der Waals surface area contributed by atoms with Crippen molar-refractivity contribution in [1.82, 2.24) is 29.7 Å². The summed E-state index contributed by atoms with van der Waals surface area (Å²) in [7, 11) is 1.06. The molecule has 3 aliphatic heterocycles. The molecule has 0 saturated carbocycles. The van der Waals surface area contributed by atoms with Gasteiger partial charge in [0, 0.05) is 17.8 Å². The summed E-state index contributed by atoms with van der Waals surface area (Å²) in [6.45, 7) is 0.311. The zero-order valence-corrected chi connectivity index (χ0v) is 21.7. The summed E-state index contributed by atoms with van der Waals surface area (Å²) in [6.07, 6.45) is 8.22. The second-order valence-electron chi connectivity index (χ2n) is 8.22. The number of thioether (sulfide) groups is 1. The highest BCUT2D eigenvalue weighted by Gasteiger charge is 2.56. The number of nitrogen functional groups attached to an aromatic ring is 1. The minimum Gasteiger partial charge on any atom is -0.543 e. The summed E-state index contributed by atoms with van der Waals surface area (Å²) in [5.41, 5.74) is 12.4. The summed E-state index contributed by atoms with van der Waals surface area (Å²) < 4.78 is 17.2. The van der Waals surface area contributed by atoms with Crippen LogP contribution < -0.4 is 31.3 Å². The number of carboxylic acid groups (broad SMARTS) is 1. The number of halogens is 1. The SMILES string of the molecule is CON=C(F)C(=O)NC1C(=O)N2C(C(=O)[O-])=C(C=CC[n+]3ccc(N)n4nccc43)C(N3C=C(N)SN3)S[C@@H]12. The average Bonchev–Trinajstić information content (AvgIpc) is 3.58. The number of aromatic nitrogens is 3. The minimum absolute atomic E-state index is 0.237. The summed E-state index contributed by atoms with van der Waals surface area (Å²) in [6, 6.07) is 2.22. The maximum Gasteiger partial charge on any atom is 0.313 e. The Morgan fingerprint density at radius 2 is 2.21 bits per heavy atom. The number of hydrogen-bond donors (Lipinski definition) is 4. The summed E-state index contributed by atoms with van der Waals surface area (Å²) in [5.74, 6) is -4.66. The Morgan fingerprint density at radius 3 is 2.90 bits per heavy atom. The second-order valence-corrected chi connectivity index (χ2v) is 10.3. The van der Waals surface area contributed by atoms with Gasteiger partial charge in [0.2, 0.25) is 5.82 Å². The normalized spacial score (nSPS) is 23.2. The minimum atomic E-state index is -1.60. The quantitative estimate of drug-likeness (QED) is 0.0859. The largest absolute Gasteiger partial charge is 0.543 e. The van der Waals surface area contributed by atoms with Crippen LogP contribution in [0.1, 0.15) is 0 Å². The number of β-lactam (4-membered cyclic amide) rings is 1. The molecule has 2 unspecified atom stereocenters. The molecular weight excluding hydrogens is 555 g/mol. The number of carbonyl (C=O) groups is 3. The third-order valence-electron chi connectivity index (χ3n) is 5.90. The van der Waals surface area contributed by atoms with Crippen LogP contribution >= 0.6 is 23.7 Å². The monoisotopic (exact) mass is 576 g/mol. The Balaban J connectivity index is 1.48. The van der Waals surface area contributed by atoms with Gasteiger partial charge in [0.05, 0.1) is 30.1 Å². The molecule has 3 aliphatic rings. The van der Waals surface area contributed by atoms with Gasteiger partial charge in [-0.05, 0) is 23.2 Å². The van der Waals surface area contributed by atoms with Crippen molar-refractivity contribution < 1.29 is 33.3 Å². The standard InChI is InChI=1S/C21H21FN10O5S2/c1-37-27-16(22)17(33)26-14-18(34)31-15(21(35)36)10(19(38-20(14)31)30-9-12(24)39-28-30)3-2-7-29-8-5-11(23)32-13(29)4-6-25-32/h2-6,8-9,14,19-20,23,28H,7,24H2,1H3,(H2,26,33,35,36)/t14?,19?,20-/m0/s1. The molecule has 0 aromatic carbocycles. The Kier molecular flexibility index (Phi) is 7.06. The molecule has 2 aromatic rings. The molecule has 0 radical (unpaired) electrons. The third kappa shape index (κ3) is 4.72. The fraction of sp³-hybridized carbons (Fsp3) is 0.238. The molecule has 18 heteroatoms. The Morgan fingerprint density at radius 1 is 1.41 bits per heavy atom. The molecule has 39 heavy (non-hydrogen) atoms. The number of carboxylic acids is 1. The number of nitrogens with zero attached hydrogens (tertiary/aromatic N) is 6. The Hall–Kier alpha value is -4.29. The average molecular weight is 577 g/mol. The number of carbonyl (C=O) groups excluding carboxylic acids is 3. The first-order valence-electron chi connectivity index (χ1n) is 11.2. The van der Waals surface area contributed by atoms with Gasteiger partial charge in [0.1, 0.15) is 35.5 Å². The molecule has 0 bridgehead atoms. The molecule has 2 aromatic heterocycles. The van der Waals surface area contributed by atoms with E-state index >= 15 is 0 Å². The molecule has 1 saturated heterocycles. The maximum absolute atomic E-state index is 13.8. The molecular formula is C21H21FN10O5S2. The van der Waals surface area contributed by atoms with E-state index in [1.165, 1.54) is 0 Å². The number of rotatable bonds is 8. The highest BCUT2D eigenvalue weighted by atomic mass is 32.2. The zero-order valence-electron chi connectivity index (χ0n) is 20.1. The molecule has 3 atom stereocenters. The number of nitrogens with one attached hydrogen (secondary N) is 2. The maximum atomic E-state index is 13.8. The van der Waals surface area contributed by atoms with E-state index in [2.05, 4.69) is 25.2 Å². The fourth-order valence-corrected chi connectivity index (χ4v) is 6.36. The molecule has 2 amide bonds. The van der Waals surface area contributed by atoms with Gasteiger partial charge < -0.3 is 31.5 Å². The van der Waals surface area contributed by atoms with Crippen molar-refractivity contribution in [2.24, 2.45) is 10.9 Å².